The monoisotopic (exact) mass is 374 g/mol. The van der Waals surface area contributed by atoms with Gasteiger partial charge in [-0.2, -0.15) is 4.98 Å². The Morgan fingerprint density at radius 1 is 1.00 bits per heavy atom. The lowest BCUT2D eigenvalue weighted by atomic mass is 10.1. The summed E-state index contributed by atoms with van der Waals surface area (Å²) in [5.41, 5.74) is 9.20. The molecular weight excluding hydrogens is 359 g/mol. The van der Waals surface area contributed by atoms with Crippen molar-refractivity contribution in [1.82, 2.24) is 9.97 Å². The van der Waals surface area contributed by atoms with Gasteiger partial charge in [0.1, 0.15) is 17.8 Å². The molecule has 0 radical (unpaired) electrons. The van der Waals surface area contributed by atoms with E-state index in [2.05, 4.69) is 21.4 Å². The summed E-state index contributed by atoms with van der Waals surface area (Å²) in [5, 5.41) is 4.10. The summed E-state index contributed by atoms with van der Waals surface area (Å²) in [6, 6.07) is 11.0. The number of halogens is 2. The first kappa shape index (κ1) is 17.3. The number of rotatable bonds is 4. The molecule has 0 spiro atoms. The molecule has 1 aromatic heterocycles. The van der Waals surface area contributed by atoms with Crippen molar-refractivity contribution in [2.45, 2.75) is 13.8 Å². The Kier molecular flexibility index (Phi) is 4.97. The number of ether oxygens (including phenoxy) is 1. The first-order chi connectivity index (χ1) is 11.9. The number of nitrogens with zero attached hydrogens (tertiary/aromatic N) is 2. The Labute approximate surface area is 155 Å². The molecule has 0 saturated heterocycles. The van der Waals surface area contributed by atoms with Gasteiger partial charge in [0.2, 0.25) is 5.88 Å². The van der Waals surface area contributed by atoms with Crippen molar-refractivity contribution in [3.05, 3.63) is 63.9 Å². The lowest BCUT2D eigenvalue weighted by Gasteiger charge is -2.13. The average molecular weight is 375 g/mol. The van der Waals surface area contributed by atoms with Gasteiger partial charge in [-0.15, -0.1) is 0 Å². The molecule has 0 fully saturated rings. The third-order valence-corrected chi connectivity index (χ3v) is 4.00. The standard InChI is InChI=1S/C18H16Cl2N4O/c1-10-5-11(2)7-13(6-10)25-18-16(21)17(22-9-23-18)24-15-8-12(19)3-4-14(15)20/h3-9H,21H2,1-2H3,(H,22,23,24). The van der Waals surface area contributed by atoms with E-state index in [1.807, 2.05) is 26.0 Å². The predicted octanol–water partition coefficient (Wildman–Crippen LogP) is 5.52. The van der Waals surface area contributed by atoms with Gasteiger partial charge in [0.25, 0.3) is 0 Å². The van der Waals surface area contributed by atoms with Crippen LogP contribution in [0.2, 0.25) is 10.0 Å². The third-order valence-electron chi connectivity index (χ3n) is 3.44. The zero-order valence-electron chi connectivity index (χ0n) is 13.7. The lowest BCUT2D eigenvalue weighted by Crippen LogP contribution is -2.03. The highest BCUT2D eigenvalue weighted by Gasteiger charge is 2.12. The lowest BCUT2D eigenvalue weighted by molar-refractivity contribution is 0.464. The van der Waals surface area contributed by atoms with Crippen LogP contribution in [-0.4, -0.2) is 9.97 Å². The van der Waals surface area contributed by atoms with Crippen molar-refractivity contribution in [2.24, 2.45) is 0 Å². The van der Waals surface area contributed by atoms with E-state index in [4.69, 9.17) is 33.7 Å². The Bertz CT molecular complexity index is 911. The van der Waals surface area contributed by atoms with Crippen LogP contribution in [0.1, 0.15) is 11.1 Å². The molecule has 25 heavy (non-hydrogen) atoms. The van der Waals surface area contributed by atoms with Crippen LogP contribution in [0.4, 0.5) is 17.2 Å². The molecule has 2 aromatic carbocycles. The second kappa shape index (κ2) is 7.17. The van der Waals surface area contributed by atoms with Crippen LogP contribution in [0.3, 0.4) is 0 Å². The van der Waals surface area contributed by atoms with Gasteiger partial charge >= 0.3 is 0 Å². The summed E-state index contributed by atoms with van der Waals surface area (Å²) >= 11 is 12.2. The summed E-state index contributed by atoms with van der Waals surface area (Å²) < 4.78 is 5.83. The molecular formula is C18H16Cl2N4O. The number of nitrogens with one attached hydrogen (secondary N) is 1. The van der Waals surface area contributed by atoms with Crippen LogP contribution in [0, 0.1) is 13.8 Å². The first-order valence-corrected chi connectivity index (χ1v) is 8.26. The number of hydrogen-bond donors (Lipinski definition) is 2. The molecule has 0 amide bonds. The van der Waals surface area contributed by atoms with Crippen LogP contribution < -0.4 is 15.8 Å². The minimum absolute atomic E-state index is 0.264. The minimum atomic E-state index is 0.264. The normalized spacial score (nSPS) is 10.6. The highest BCUT2D eigenvalue weighted by atomic mass is 35.5. The summed E-state index contributed by atoms with van der Waals surface area (Å²) in [6.07, 6.45) is 1.37. The smallest absolute Gasteiger partial charge is 0.248 e. The van der Waals surface area contributed by atoms with Crippen LogP contribution >= 0.6 is 23.2 Å². The summed E-state index contributed by atoms with van der Waals surface area (Å²) in [6.45, 7) is 3.99. The minimum Gasteiger partial charge on any atom is -0.437 e. The molecule has 0 unspecified atom stereocenters. The number of aromatic nitrogens is 2. The predicted molar refractivity (Wildman–Crippen MR) is 102 cm³/mol. The maximum absolute atomic E-state index is 6.17. The number of nitrogens with two attached hydrogens (primary N) is 1. The highest BCUT2D eigenvalue weighted by Crippen LogP contribution is 2.34. The molecule has 0 aliphatic rings. The van der Waals surface area contributed by atoms with Gasteiger partial charge in [0, 0.05) is 5.02 Å². The fraction of sp³-hybridized carbons (Fsp3) is 0.111. The quantitative estimate of drug-likeness (QED) is 0.628. The van der Waals surface area contributed by atoms with Crippen molar-refractivity contribution in [1.29, 1.82) is 0 Å². The molecule has 7 heteroatoms. The second-order valence-electron chi connectivity index (χ2n) is 5.62. The van der Waals surface area contributed by atoms with Crippen molar-refractivity contribution in [3.63, 3.8) is 0 Å². The molecule has 0 aliphatic carbocycles. The molecule has 128 valence electrons. The van der Waals surface area contributed by atoms with E-state index in [9.17, 15) is 0 Å². The average Bonchev–Trinajstić information content (AvgIpc) is 2.54. The second-order valence-corrected chi connectivity index (χ2v) is 6.46. The molecule has 3 aromatic rings. The van der Waals surface area contributed by atoms with Gasteiger partial charge in [-0.1, -0.05) is 29.3 Å². The van der Waals surface area contributed by atoms with Crippen molar-refractivity contribution < 1.29 is 4.74 Å². The topological polar surface area (TPSA) is 73.1 Å². The highest BCUT2D eigenvalue weighted by molar-refractivity contribution is 6.35. The van der Waals surface area contributed by atoms with E-state index in [1.165, 1.54) is 6.33 Å². The maximum atomic E-state index is 6.17. The molecule has 5 nitrogen and oxygen atoms in total. The van der Waals surface area contributed by atoms with E-state index in [0.29, 0.717) is 27.3 Å². The Balaban J connectivity index is 1.90. The van der Waals surface area contributed by atoms with Gasteiger partial charge in [-0.3, -0.25) is 0 Å². The fourth-order valence-electron chi connectivity index (χ4n) is 2.38. The van der Waals surface area contributed by atoms with Crippen molar-refractivity contribution in [3.8, 4) is 11.6 Å². The van der Waals surface area contributed by atoms with E-state index in [1.54, 1.807) is 18.2 Å². The molecule has 3 N–H and O–H groups in total. The fourth-order valence-corrected chi connectivity index (χ4v) is 2.72. The number of anilines is 3. The zero-order valence-corrected chi connectivity index (χ0v) is 15.2. The van der Waals surface area contributed by atoms with E-state index in [-0.39, 0.29) is 11.6 Å². The molecule has 0 saturated carbocycles. The molecule has 3 rings (SSSR count). The van der Waals surface area contributed by atoms with E-state index >= 15 is 0 Å². The third kappa shape index (κ3) is 4.13. The van der Waals surface area contributed by atoms with Crippen molar-refractivity contribution >= 4 is 40.4 Å². The molecule has 0 bridgehead atoms. The van der Waals surface area contributed by atoms with Crippen molar-refractivity contribution in [2.75, 3.05) is 11.1 Å². The van der Waals surface area contributed by atoms with Crippen LogP contribution in [0.5, 0.6) is 11.6 Å². The molecule has 1 heterocycles. The van der Waals surface area contributed by atoms with E-state index < -0.39 is 0 Å². The number of benzene rings is 2. The zero-order chi connectivity index (χ0) is 18.0. The first-order valence-electron chi connectivity index (χ1n) is 7.51. The Morgan fingerprint density at radius 3 is 2.44 bits per heavy atom. The summed E-state index contributed by atoms with van der Waals surface area (Å²) in [5.74, 6) is 1.31. The van der Waals surface area contributed by atoms with E-state index in [0.717, 1.165) is 11.1 Å². The summed E-state index contributed by atoms with van der Waals surface area (Å²) in [4.78, 5) is 8.27. The number of hydrogen-bond acceptors (Lipinski definition) is 5. The Hall–Kier alpha value is -2.50. The van der Waals surface area contributed by atoms with Crippen LogP contribution in [0.25, 0.3) is 0 Å². The number of nitrogen functional groups attached to an aromatic ring is 1. The van der Waals surface area contributed by atoms with Gasteiger partial charge in [-0.25, -0.2) is 4.98 Å². The van der Waals surface area contributed by atoms with Gasteiger partial charge in [0.15, 0.2) is 5.82 Å². The largest absolute Gasteiger partial charge is 0.437 e. The van der Waals surface area contributed by atoms with Gasteiger partial charge < -0.3 is 15.8 Å². The van der Waals surface area contributed by atoms with Crippen LogP contribution in [-0.2, 0) is 0 Å². The maximum Gasteiger partial charge on any atom is 0.248 e. The number of aryl methyl sites for hydroxylation is 2. The molecule has 0 atom stereocenters. The van der Waals surface area contributed by atoms with Gasteiger partial charge in [0.05, 0.1) is 10.7 Å². The SMILES string of the molecule is Cc1cc(C)cc(Oc2ncnc(Nc3cc(Cl)ccc3Cl)c2N)c1. The summed E-state index contributed by atoms with van der Waals surface area (Å²) in [7, 11) is 0. The Morgan fingerprint density at radius 2 is 1.72 bits per heavy atom. The van der Waals surface area contributed by atoms with Gasteiger partial charge in [-0.05, 0) is 55.3 Å². The molecule has 0 aliphatic heterocycles. The van der Waals surface area contributed by atoms with Crippen LogP contribution in [0.15, 0.2) is 42.7 Å².